The Kier molecular flexibility index (Phi) is 5.05. The maximum Gasteiger partial charge on any atom is 0.344 e. The zero-order valence-electron chi connectivity index (χ0n) is 17.7. The van der Waals surface area contributed by atoms with Gasteiger partial charge in [0.05, 0.1) is 11.0 Å². The highest BCUT2D eigenvalue weighted by atomic mass is 16.6. The molecule has 5 aliphatic carbocycles. The molecule has 5 aliphatic rings. The predicted molar refractivity (Wildman–Crippen MR) is 104 cm³/mol. The van der Waals surface area contributed by atoms with Crippen LogP contribution >= 0.6 is 0 Å². The molecule has 0 spiro atoms. The minimum absolute atomic E-state index is 0.253. The highest BCUT2D eigenvalue weighted by molar-refractivity contribution is 5.81. The molecule has 5 atom stereocenters. The molecule has 0 amide bonds. The summed E-state index contributed by atoms with van der Waals surface area (Å²) in [7, 11) is 0. The van der Waals surface area contributed by atoms with E-state index in [1.807, 2.05) is 6.92 Å². The van der Waals surface area contributed by atoms with Crippen LogP contribution in [0, 0.1) is 29.1 Å². The Morgan fingerprint density at radius 1 is 1.00 bits per heavy atom. The smallest absolute Gasteiger partial charge is 0.344 e. The van der Waals surface area contributed by atoms with Gasteiger partial charge in [-0.1, -0.05) is 26.7 Å². The fourth-order valence-corrected chi connectivity index (χ4v) is 7.50. The summed E-state index contributed by atoms with van der Waals surface area (Å²) in [6.45, 7) is 5.99. The molecule has 0 aliphatic heterocycles. The quantitative estimate of drug-likeness (QED) is 0.692. The van der Waals surface area contributed by atoms with Crippen LogP contribution in [0.2, 0.25) is 0 Å². The molecule has 0 saturated heterocycles. The van der Waals surface area contributed by atoms with E-state index >= 15 is 0 Å². The topological polar surface area (TPSA) is 72.8 Å². The van der Waals surface area contributed by atoms with Crippen LogP contribution in [0.5, 0.6) is 0 Å². The number of carbonyl (C=O) groups excluding carboxylic acids is 2. The van der Waals surface area contributed by atoms with Gasteiger partial charge < -0.3 is 14.6 Å². The van der Waals surface area contributed by atoms with Crippen molar-refractivity contribution < 1.29 is 24.2 Å². The number of carbonyl (C=O) groups is 2. The third-order valence-electron chi connectivity index (χ3n) is 8.40. The lowest BCUT2D eigenvalue weighted by Crippen LogP contribution is -2.60. The first-order chi connectivity index (χ1) is 13.2. The Morgan fingerprint density at radius 2 is 1.68 bits per heavy atom. The van der Waals surface area contributed by atoms with E-state index in [1.165, 1.54) is 0 Å². The van der Waals surface area contributed by atoms with Gasteiger partial charge in [0.2, 0.25) is 0 Å². The Hall–Kier alpha value is -1.10. The van der Waals surface area contributed by atoms with Crippen molar-refractivity contribution in [3.8, 4) is 0 Å². The van der Waals surface area contributed by atoms with Gasteiger partial charge >= 0.3 is 11.9 Å². The molecule has 4 bridgehead atoms. The molecule has 0 heterocycles. The first kappa shape index (κ1) is 20.2. The molecule has 5 nitrogen and oxygen atoms in total. The van der Waals surface area contributed by atoms with Gasteiger partial charge in [0.1, 0.15) is 5.60 Å². The number of rotatable bonds is 6. The van der Waals surface area contributed by atoms with Gasteiger partial charge in [0.25, 0.3) is 0 Å². The third kappa shape index (κ3) is 3.48. The Morgan fingerprint density at radius 3 is 2.25 bits per heavy atom. The summed E-state index contributed by atoms with van der Waals surface area (Å²) < 4.78 is 11.4. The summed E-state index contributed by atoms with van der Waals surface area (Å²) in [5.41, 5.74) is -1.70. The van der Waals surface area contributed by atoms with E-state index in [4.69, 9.17) is 9.47 Å². The van der Waals surface area contributed by atoms with Crippen molar-refractivity contribution in [2.75, 3.05) is 6.61 Å². The van der Waals surface area contributed by atoms with Gasteiger partial charge in [-0.15, -0.1) is 0 Å². The van der Waals surface area contributed by atoms with Crippen LogP contribution in [0.1, 0.15) is 85.0 Å². The second-order valence-corrected chi connectivity index (χ2v) is 10.7. The van der Waals surface area contributed by atoms with E-state index in [0.717, 1.165) is 57.8 Å². The molecule has 0 aromatic carbocycles. The summed E-state index contributed by atoms with van der Waals surface area (Å²) in [6.07, 6.45) is 9.00. The van der Waals surface area contributed by atoms with Crippen molar-refractivity contribution in [2.24, 2.45) is 29.1 Å². The molecular weight excluding hydrogens is 356 g/mol. The number of esters is 2. The lowest BCUT2D eigenvalue weighted by molar-refractivity contribution is -0.222. The maximum absolute atomic E-state index is 12.8. The van der Waals surface area contributed by atoms with Crippen LogP contribution in [0.25, 0.3) is 0 Å². The Bertz CT molecular complexity index is 629. The fraction of sp³-hybridized carbons (Fsp3) is 0.913. The average Bonchev–Trinajstić information content (AvgIpc) is 2.94. The molecule has 0 aromatic heterocycles. The van der Waals surface area contributed by atoms with Crippen LogP contribution in [-0.2, 0) is 19.1 Å². The first-order valence-corrected chi connectivity index (χ1v) is 11.3. The van der Waals surface area contributed by atoms with Crippen LogP contribution in [0.3, 0.4) is 0 Å². The molecule has 5 unspecified atom stereocenters. The lowest BCUT2D eigenvalue weighted by atomic mass is 9.52. The molecular formula is C23H36O5. The number of hydrogen-bond donors (Lipinski definition) is 1. The van der Waals surface area contributed by atoms with E-state index < -0.39 is 22.6 Å². The van der Waals surface area contributed by atoms with E-state index in [2.05, 4.69) is 13.8 Å². The zero-order valence-corrected chi connectivity index (χ0v) is 17.7. The largest absolute Gasteiger partial charge is 0.456 e. The van der Waals surface area contributed by atoms with E-state index in [9.17, 15) is 14.7 Å². The maximum atomic E-state index is 12.8. The molecule has 5 fully saturated rings. The van der Waals surface area contributed by atoms with Gasteiger partial charge in [-0.05, 0) is 75.5 Å². The predicted octanol–water partition coefficient (Wildman–Crippen LogP) is 4.01. The zero-order chi connectivity index (χ0) is 20.2. The van der Waals surface area contributed by atoms with Gasteiger partial charge in [0.15, 0.2) is 6.61 Å². The monoisotopic (exact) mass is 392 g/mol. The van der Waals surface area contributed by atoms with Gasteiger partial charge in [-0.3, -0.25) is 4.79 Å². The van der Waals surface area contributed by atoms with E-state index in [-0.39, 0.29) is 12.6 Å². The van der Waals surface area contributed by atoms with Crippen LogP contribution in [0.4, 0.5) is 0 Å². The second kappa shape index (κ2) is 7.00. The average molecular weight is 393 g/mol. The van der Waals surface area contributed by atoms with E-state index in [1.54, 1.807) is 0 Å². The summed E-state index contributed by atoms with van der Waals surface area (Å²) in [4.78, 5) is 25.4. The van der Waals surface area contributed by atoms with Gasteiger partial charge in [0, 0.05) is 6.42 Å². The van der Waals surface area contributed by atoms with Crippen molar-refractivity contribution in [1.82, 2.24) is 0 Å². The van der Waals surface area contributed by atoms with Crippen molar-refractivity contribution in [1.29, 1.82) is 0 Å². The minimum Gasteiger partial charge on any atom is -0.456 e. The normalized spacial score (nSPS) is 46.6. The van der Waals surface area contributed by atoms with Crippen LogP contribution in [-0.4, -0.2) is 34.9 Å². The highest BCUT2D eigenvalue weighted by Crippen LogP contribution is 2.59. The van der Waals surface area contributed by atoms with Crippen molar-refractivity contribution in [2.45, 2.75) is 96.2 Å². The lowest BCUT2D eigenvalue weighted by Gasteiger charge is -2.59. The summed E-state index contributed by atoms with van der Waals surface area (Å²) in [6, 6.07) is 0. The molecule has 158 valence electrons. The number of aliphatic hydroxyl groups is 1. The molecule has 0 radical (unpaired) electrons. The Balaban J connectivity index is 1.34. The van der Waals surface area contributed by atoms with E-state index in [0.29, 0.717) is 30.1 Å². The molecule has 1 N–H and O–H groups in total. The van der Waals surface area contributed by atoms with Crippen LogP contribution in [0.15, 0.2) is 0 Å². The minimum atomic E-state index is -0.665. The van der Waals surface area contributed by atoms with Crippen molar-refractivity contribution >= 4 is 11.9 Å². The number of hydrogen-bond acceptors (Lipinski definition) is 5. The molecule has 5 rings (SSSR count). The molecule has 5 saturated carbocycles. The van der Waals surface area contributed by atoms with Crippen LogP contribution < -0.4 is 0 Å². The first-order valence-electron chi connectivity index (χ1n) is 11.3. The SMILES string of the molecule is CCC1CC(CC)C(C)(C(=O)OCC(=O)OC23CC4CC(CC(O)(C4)C2)C3)C1. The Labute approximate surface area is 168 Å². The van der Waals surface area contributed by atoms with Gasteiger partial charge in [-0.25, -0.2) is 4.79 Å². The third-order valence-corrected chi connectivity index (χ3v) is 8.40. The summed E-state index contributed by atoms with van der Waals surface area (Å²) in [5.74, 6) is 1.07. The summed E-state index contributed by atoms with van der Waals surface area (Å²) >= 11 is 0. The van der Waals surface area contributed by atoms with Gasteiger partial charge in [-0.2, -0.15) is 0 Å². The molecule has 28 heavy (non-hydrogen) atoms. The highest BCUT2D eigenvalue weighted by Gasteiger charge is 2.59. The molecule has 0 aromatic rings. The molecule has 5 heteroatoms. The fourth-order valence-electron chi connectivity index (χ4n) is 7.50. The van der Waals surface area contributed by atoms with Crippen molar-refractivity contribution in [3.05, 3.63) is 0 Å². The standard InChI is InChI=1S/C23H36O5/c1-4-15-7-18(5-2)21(3,8-15)20(25)27-13-19(24)28-23-11-16-6-17(12-23)10-22(26,9-16)14-23/h15-18,26H,4-14H2,1-3H3. The number of ether oxygens (including phenoxy) is 2. The second-order valence-electron chi connectivity index (χ2n) is 10.7. The summed E-state index contributed by atoms with van der Waals surface area (Å²) in [5, 5.41) is 10.8. The van der Waals surface area contributed by atoms with Crippen molar-refractivity contribution in [3.63, 3.8) is 0 Å².